The maximum atomic E-state index is 10.4. The lowest BCUT2D eigenvalue weighted by atomic mass is 10.3. The van der Waals surface area contributed by atoms with Crippen LogP contribution in [0.25, 0.3) is 0 Å². The zero-order valence-electron chi connectivity index (χ0n) is 8.14. The minimum Gasteiger partial charge on any atom is -0.342 e. The quantitative estimate of drug-likeness (QED) is 0.188. The molecule has 1 fully saturated rings. The highest BCUT2D eigenvalue weighted by atomic mass is 35.5. The highest BCUT2D eigenvalue weighted by molar-refractivity contribution is 5.85. The van der Waals surface area contributed by atoms with Crippen molar-refractivity contribution in [2.24, 2.45) is 10.8 Å². The molecule has 6 nitrogen and oxygen atoms in total. The molecular weight excluding hydrogens is 206 g/mol. The van der Waals surface area contributed by atoms with E-state index < -0.39 is 0 Å². The Bertz CT molecular complexity index is 202. The van der Waals surface area contributed by atoms with E-state index in [0.717, 1.165) is 32.6 Å². The Kier molecular flexibility index (Phi) is 5.98. The lowest BCUT2D eigenvalue weighted by Crippen LogP contribution is -2.53. The van der Waals surface area contributed by atoms with Gasteiger partial charge >= 0.3 is 0 Å². The van der Waals surface area contributed by atoms with Crippen molar-refractivity contribution in [2.45, 2.75) is 0 Å². The van der Waals surface area contributed by atoms with E-state index in [1.807, 2.05) is 4.90 Å². The van der Waals surface area contributed by atoms with Crippen LogP contribution < -0.4 is 11.3 Å². The van der Waals surface area contributed by atoms with E-state index in [-0.39, 0.29) is 12.4 Å². The van der Waals surface area contributed by atoms with E-state index >= 15 is 0 Å². The number of piperazine rings is 1. The fourth-order valence-corrected chi connectivity index (χ4v) is 1.34. The average molecular weight is 222 g/mol. The number of rotatable bonds is 1. The molecule has 1 heterocycles. The van der Waals surface area contributed by atoms with Gasteiger partial charge in [-0.05, 0) is 0 Å². The molecule has 7 heteroatoms. The largest absolute Gasteiger partial charge is 0.342 e. The number of hydrazine groups is 1. The number of guanidine groups is 1. The molecule has 0 aromatic carbocycles. The average Bonchev–Trinajstić information content (AvgIpc) is 2.21. The molecule has 0 bridgehead atoms. The van der Waals surface area contributed by atoms with E-state index in [1.54, 1.807) is 11.9 Å². The van der Waals surface area contributed by atoms with Gasteiger partial charge in [-0.3, -0.25) is 15.2 Å². The van der Waals surface area contributed by atoms with Crippen molar-refractivity contribution in [1.29, 1.82) is 0 Å². The van der Waals surface area contributed by atoms with Gasteiger partial charge in [0, 0.05) is 33.2 Å². The maximum absolute atomic E-state index is 10.4. The van der Waals surface area contributed by atoms with Gasteiger partial charge in [0.05, 0.1) is 0 Å². The molecule has 0 spiro atoms. The second-order valence-corrected chi connectivity index (χ2v) is 2.82. The third kappa shape index (κ3) is 3.04. The first-order valence-corrected chi connectivity index (χ1v) is 4.19. The second-order valence-electron chi connectivity index (χ2n) is 2.82. The summed E-state index contributed by atoms with van der Waals surface area (Å²) >= 11 is 0. The minimum atomic E-state index is 0. The fourth-order valence-electron chi connectivity index (χ4n) is 1.34. The van der Waals surface area contributed by atoms with Gasteiger partial charge in [-0.2, -0.15) is 0 Å². The molecule has 0 saturated carbocycles. The number of carbonyl (C=O) groups is 1. The van der Waals surface area contributed by atoms with Crippen LogP contribution in [0, 0.1) is 0 Å². The summed E-state index contributed by atoms with van der Waals surface area (Å²) in [6.07, 6.45) is 0.871. The number of halogens is 1. The van der Waals surface area contributed by atoms with Gasteiger partial charge in [-0.15, -0.1) is 12.4 Å². The summed E-state index contributed by atoms with van der Waals surface area (Å²) in [5, 5.41) is 0. The SMILES string of the molecule is CN=C(NN)N1CCN(C=O)CC1.Cl. The Morgan fingerprint density at radius 3 is 2.36 bits per heavy atom. The fraction of sp³-hybridized carbons (Fsp3) is 0.714. The molecule has 82 valence electrons. The van der Waals surface area contributed by atoms with E-state index in [2.05, 4.69) is 10.4 Å². The number of nitrogens with two attached hydrogens (primary N) is 1. The Morgan fingerprint density at radius 1 is 1.43 bits per heavy atom. The lowest BCUT2D eigenvalue weighted by molar-refractivity contribution is -0.119. The summed E-state index contributed by atoms with van der Waals surface area (Å²) in [7, 11) is 1.68. The van der Waals surface area contributed by atoms with E-state index in [1.165, 1.54) is 0 Å². The number of hydrogen-bond acceptors (Lipinski definition) is 3. The number of amides is 1. The first-order chi connectivity index (χ1) is 6.31. The number of carbonyl (C=O) groups excluding carboxylic acids is 1. The summed E-state index contributed by atoms with van der Waals surface area (Å²) in [6.45, 7) is 3.00. The molecule has 1 aliphatic heterocycles. The van der Waals surface area contributed by atoms with Gasteiger partial charge in [0.1, 0.15) is 0 Å². The van der Waals surface area contributed by atoms with Crippen LogP contribution in [0.5, 0.6) is 0 Å². The van der Waals surface area contributed by atoms with Crippen LogP contribution in [0.15, 0.2) is 4.99 Å². The lowest BCUT2D eigenvalue weighted by Gasteiger charge is -2.33. The molecule has 0 aromatic rings. The minimum absolute atomic E-state index is 0. The van der Waals surface area contributed by atoms with Gasteiger partial charge in [0.25, 0.3) is 0 Å². The van der Waals surface area contributed by atoms with Gasteiger partial charge < -0.3 is 9.80 Å². The van der Waals surface area contributed by atoms with Crippen molar-refractivity contribution < 1.29 is 4.79 Å². The van der Waals surface area contributed by atoms with E-state index in [0.29, 0.717) is 5.96 Å². The molecule has 0 unspecified atom stereocenters. The molecule has 0 radical (unpaired) electrons. The van der Waals surface area contributed by atoms with Gasteiger partial charge in [-0.1, -0.05) is 0 Å². The first kappa shape index (κ1) is 13.0. The van der Waals surface area contributed by atoms with Crippen LogP contribution in [0.2, 0.25) is 0 Å². The standard InChI is InChI=1S/C7H15N5O.ClH/c1-9-7(10-8)12-4-2-11(6-13)3-5-12;/h6H,2-5,8H2,1H3,(H,9,10);1H. The number of aliphatic imine (C=N–C) groups is 1. The molecule has 3 N–H and O–H groups in total. The van der Waals surface area contributed by atoms with Crippen LogP contribution >= 0.6 is 12.4 Å². The van der Waals surface area contributed by atoms with Crippen molar-refractivity contribution in [1.82, 2.24) is 15.2 Å². The van der Waals surface area contributed by atoms with Gasteiger partial charge in [0.2, 0.25) is 12.4 Å². The summed E-state index contributed by atoms with van der Waals surface area (Å²) in [6, 6.07) is 0. The topological polar surface area (TPSA) is 74.0 Å². The van der Waals surface area contributed by atoms with Crippen LogP contribution in [0.1, 0.15) is 0 Å². The van der Waals surface area contributed by atoms with Crippen molar-refractivity contribution in [3.8, 4) is 0 Å². The second kappa shape index (κ2) is 6.44. The highest BCUT2D eigenvalue weighted by Gasteiger charge is 2.17. The van der Waals surface area contributed by atoms with Crippen molar-refractivity contribution in [3.05, 3.63) is 0 Å². The Balaban J connectivity index is 0.00000169. The zero-order chi connectivity index (χ0) is 9.68. The highest BCUT2D eigenvalue weighted by Crippen LogP contribution is 1.98. The molecule has 1 rings (SSSR count). The molecule has 0 aliphatic carbocycles. The van der Waals surface area contributed by atoms with Gasteiger partial charge in [-0.25, -0.2) is 5.84 Å². The van der Waals surface area contributed by atoms with Crippen molar-refractivity contribution in [3.63, 3.8) is 0 Å². The molecule has 0 aromatic heterocycles. The molecule has 1 aliphatic rings. The number of nitrogens with zero attached hydrogens (tertiary/aromatic N) is 3. The van der Waals surface area contributed by atoms with Crippen molar-refractivity contribution in [2.75, 3.05) is 33.2 Å². The summed E-state index contributed by atoms with van der Waals surface area (Å²) in [4.78, 5) is 18.1. The Hall–Kier alpha value is -1.01. The molecule has 0 atom stereocenters. The molecule has 1 amide bonds. The number of hydrogen-bond donors (Lipinski definition) is 2. The van der Waals surface area contributed by atoms with E-state index in [9.17, 15) is 4.79 Å². The Morgan fingerprint density at radius 2 is 2.00 bits per heavy atom. The third-order valence-corrected chi connectivity index (χ3v) is 2.10. The monoisotopic (exact) mass is 221 g/mol. The smallest absolute Gasteiger partial charge is 0.209 e. The number of nitrogens with one attached hydrogen (secondary N) is 1. The predicted octanol–water partition coefficient (Wildman–Crippen LogP) is -1.37. The van der Waals surface area contributed by atoms with Crippen LogP contribution in [-0.4, -0.2) is 55.4 Å². The first-order valence-electron chi connectivity index (χ1n) is 4.19. The maximum Gasteiger partial charge on any atom is 0.209 e. The predicted molar refractivity (Wildman–Crippen MR) is 57.1 cm³/mol. The molecule has 1 saturated heterocycles. The molecule has 14 heavy (non-hydrogen) atoms. The van der Waals surface area contributed by atoms with Crippen molar-refractivity contribution >= 4 is 24.8 Å². The summed E-state index contributed by atoms with van der Waals surface area (Å²) < 4.78 is 0. The molecular formula is C7H16ClN5O. The van der Waals surface area contributed by atoms with Gasteiger partial charge in [0.15, 0.2) is 0 Å². The van der Waals surface area contributed by atoms with E-state index in [4.69, 9.17) is 5.84 Å². The van der Waals surface area contributed by atoms with Crippen LogP contribution in [0.3, 0.4) is 0 Å². The zero-order valence-corrected chi connectivity index (χ0v) is 8.96. The normalized spacial score (nSPS) is 17.4. The summed E-state index contributed by atoms with van der Waals surface area (Å²) in [5.74, 6) is 5.95. The third-order valence-electron chi connectivity index (χ3n) is 2.10. The van der Waals surface area contributed by atoms with Crippen LogP contribution in [-0.2, 0) is 4.79 Å². The van der Waals surface area contributed by atoms with Crippen LogP contribution in [0.4, 0.5) is 0 Å². The Labute approximate surface area is 89.5 Å². The summed E-state index contributed by atoms with van der Waals surface area (Å²) in [5.41, 5.74) is 2.52.